The van der Waals surface area contributed by atoms with E-state index in [4.69, 9.17) is 5.73 Å². The molecule has 0 aromatic carbocycles. The minimum absolute atomic E-state index is 0.0133. The number of primary amides is 1. The monoisotopic (exact) mass is 236 g/mol. The van der Waals surface area contributed by atoms with E-state index in [1.165, 1.54) is 19.3 Å². The molecule has 4 aliphatic carbocycles. The van der Waals surface area contributed by atoms with Crippen LogP contribution in [0.1, 0.15) is 38.5 Å². The smallest absolute Gasteiger partial charge is 0.236 e. The van der Waals surface area contributed by atoms with Gasteiger partial charge in [0.25, 0.3) is 0 Å². The number of nitrogens with two attached hydrogens (primary N) is 1. The Morgan fingerprint density at radius 2 is 1.53 bits per heavy atom. The first-order valence-electron chi connectivity index (χ1n) is 6.64. The van der Waals surface area contributed by atoms with Gasteiger partial charge in [-0.25, -0.2) is 0 Å². The quantitative estimate of drug-likeness (QED) is 0.761. The van der Waals surface area contributed by atoms with E-state index in [0.717, 1.165) is 37.0 Å². The lowest BCUT2D eigenvalue weighted by Gasteiger charge is -2.55. The number of hydrogen-bond acceptors (Lipinski definition) is 2. The lowest BCUT2D eigenvalue weighted by molar-refractivity contribution is -0.147. The summed E-state index contributed by atoms with van der Waals surface area (Å²) in [4.78, 5) is 23.0. The molecule has 0 aromatic heterocycles. The highest BCUT2D eigenvalue weighted by atomic mass is 16.2. The third-order valence-electron chi connectivity index (χ3n) is 4.94. The Balaban J connectivity index is 1.73. The highest BCUT2D eigenvalue weighted by Gasteiger charge is 2.54. The average molecular weight is 236 g/mol. The Labute approximate surface area is 101 Å². The summed E-state index contributed by atoms with van der Waals surface area (Å²) < 4.78 is 0. The van der Waals surface area contributed by atoms with E-state index in [9.17, 15) is 9.59 Å². The summed E-state index contributed by atoms with van der Waals surface area (Å²) in [5.41, 5.74) is 4.92. The number of nitrogens with one attached hydrogen (secondary N) is 1. The summed E-state index contributed by atoms with van der Waals surface area (Å²) in [7, 11) is 0. The van der Waals surface area contributed by atoms with Crippen molar-refractivity contribution in [2.24, 2.45) is 28.9 Å². The second kappa shape index (κ2) is 3.72. The van der Waals surface area contributed by atoms with Crippen molar-refractivity contribution in [2.75, 3.05) is 6.54 Å². The summed E-state index contributed by atoms with van der Waals surface area (Å²) in [6.45, 7) is -0.0133. The standard InChI is InChI=1S/C13H20N2O2/c14-11(16)7-15-12(17)13-4-8-1-9(5-13)3-10(2-8)6-13/h8-10H,1-7H2,(H2,14,16)(H,15,17). The highest BCUT2D eigenvalue weighted by molar-refractivity contribution is 5.87. The summed E-state index contributed by atoms with van der Waals surface area (Å²) in [5, 5.41) is 2.73. The van der Waals surface area contributed by atoms with Gasteiger partial charge in [-0.15, -0.1) is 0 Å². The molecule has 4 fully saturated rings. The van der Waals surface area contributed by atoms with Crippen LogP contribution < -0.4 is 11.1 Å². The van der Waals surface area contributed by atoms with Gasteiger partial charge in [0.1, 0.15) is 0 Å². The van der Waals surface area contributed by atoms with Crippen LogP contribution in [0.5, 0.6) is 0 Å². The van der Waals surface area contributed by atoms with Crippen LogP contribution in [0.15, 0.2) is 0 Å². The first kappa shape index (κ1) is 11.1. The van der Waals surface area contributed by atoms with Gasteiger partial charge in [-0.3, -0.25) is 9.59 Å². The van der Waals surface area contributed by atoms with Gasteiger partial charge >= 0.3 is 0 Å². The molecule has 94 valence electrons. The van der Waals surface area contributed by atoms with E-state index in [1.54, 1.807) is 0 Å². The molecular formula is C13H20N2O2. The van der Waals surface area contributed by atoms with Gasteiger partial charge in [-0.2, -0.15) is 0 Å². The molecule has 4 aliphatic rings. The Morgan fingerprint density at radius 1 is 1.06 bits per heavy atom. The molecule has 0 aromatic rings. The van der Waals surface area contributed by atoms with Gasteiger partial charge in [-0.05, 0) is 56.3 Å². The van der Waals surface area contributed by atoms with Crippen molar-refractivity contribution in [3.8, 4) is 0 Å². The highest BCUT2D eigenvalue weighted by Crippen LogP contribution is 2.60. The van der Waals surface area contributed by atoms with Gasteiger partial charge in [0.2, 0.25) is 11.8 Å². The number of amides is 2. The predicted molar refractivity (Wildman–Crippen MR) is 62.8 cm³/mol. The van der Waals surface area contributed by atoms with Crippen LogP contribution in [0.3, 0.4) is 0 Å². The van der Waals surface area contributed by atoms with E-state index in [0.29, 0.717) is 0 Å². The van der Waals surface area contributed by atoms with Crippen molar-refractivity contribution in [2.45, 2.75) is 38.5 Å². The maximum atomic E-state index is 12.3. The largest absolute Gasteiger partial charge is 0.368 e. The van der Waals surface area contributed by atoms with Crippen LogP contribution in [0.25, 0.3) is 0 Å². The number of carbonyl (C=O) groups excluding carboxylic acids is 2. The van der Waals surface area contributed by atoms with Crippen LogP contribution in [-0.4, -0.2) is 18.4 Å². The van der Waals surface area contributed by atoms with Crippen molar-refractivity contribution in [1.29, 1.82) is 0 Å². The first-order chi connectivity index (χ1) is 8.07. The lowest BCUT2D eigenvalue weighted by atomic mass is 9.49. The molecule has 0 spiro atoms. The minimum Gasteiger partial charge on any atom is -0.368 e. The second-order valence-corrected chi connectivity index (χ2v) is 6.35. The van der Waals surface area contributed by atoms with Gasteiger partial charge < -0.3 is 11.1 Å². The third-order valence-corrected chi connectivity index (χ3v) is 4.94. The third kappa shape index (κ3) is 1.83. The first-order valence-corrected chi connectivity index (χ1v) is 6.64. The van der Waals surface area contributed by atoms with Crippen LogP contribution in [-0.2, 0) is 9.59 Å². The zero-order valence-electron chi connectivity index (χ0n) is 10.1. The van der Waals surface area contributed by atoms with Crippen molar-refractivity contribution >= 4 is 11.8 Å². The minimum atomic E-state index is -0.455. The zero-order chi connectivity index (χ0) is 12.0. The molecule has 0 aliphatic heterocycles. The topological polar surface area (TPSA) is 72.2 Å². The Morgan fingerprint density at radius 3 is 1.94 bits per heavy atom. The number of rotatable bonds is 3. The van der Waals surface area contributed by atoms with Gasteiger partial charge in [0, 0.05) is 5.41 Å². The van der Waals surface area contributed by atoms with Crippen molar-refractivity contribution in [3.63, 3.8) is 0 Å². The zero-order valence-corrected chi connectivity index (χ0v) is 10.1. The van der Waals surface area contributed by atoms with Crippen LogP contribution in [0, 0.1) is 23.2 Å². The molecule has 2 amide bonds. The molecule has 4 bridgehead atoms. The molecule has 0 heterocycles. The summed E-state index contributed by atoms with van der Waals surface area (Å²) >= 11 is 0. The van der Waals surface area contributed by atoms with Crippen molar-refractivity contribution in [1.82, 2.24) is 5.32 Å². The molecule has 0 unspecified atom stereocenters. The molecule has 0 radical (unpaired) electrons. The van der Waals surface area contributed by atoms with E-state index in [2.05, 4.69) is 5.32 Å². The summed E-state index contributed by atoms with van der Waals surface area (Å²) in [6.07, 6.45) is 7.06. The average Bonchev–Trinajstić information content (AvgIpc) is 2.23. The molecule has 4 heteroatoms. The molecule has 0 saturated heterocycles. The van der Waals surface area contributed by atoms with E-state index >= 15 is 0 Å². The van der Waals surface area contributed by atoms with E-state index < -0.39 is 5.91 Å². The predicted octanol–water partition coefficient (Wildman–Crippen LogP) is 0.804. The maximum absolute atomic E-state index is 12.3. The molecule has 4 rings (SSSR count). The maximum Gasteiger partial charge on any atom is 0.236 e. The van der Waals surface area contributed by atoms with E-state index in [1.807, 2.05) is 0 Å². The lowest BCUT2D eigenvalue weighted by Crippen LogP contribution is -2.54. The van der Waals surface area contributed by atoms with Gasteiger partial charge in [0.15, 0.2) is 0 Å². The molecule has 4 nitrogen and oxygen atoms in total. The molecular weight excluding hydrogens is 216 g/mol. The molecule has 0 atom stereocenters. The summed E-state index contributed by atoms with van der Waals surface area (Å²) in [6, 6.07) is 0. The second-order valence-electron chi connectivity index (χ2n) is 6.35. The van der Waals surface area contributed by atoms with Crippen LogP contribution in [0.4, 0.5) is 0 Å². The molecule has 3 N–H and O–H groups in total. The molecule has 4 saturated carbocycles. The van der Waals surface area contributed by atoms with Gasteiger partial charge in [-0.1, -0.05) is 0 Å². The van der Waals surface area contributed by atoms with Crippen LogP contribution >= 0.6 is 0 Å². The fourth-order valence-corrected chi connectivity index (χ4v) is 4.74. The van der Waals surface area contributed by atoms with Crippen molar-refractivity contribution in [3.05, 3.63) is 0 Å². The fourth-order valence-electron chi connectivity index (χ4n) is 4.74. The fraction of sp³-hybridized carbons (Fsp3) is 0.846. The SMILES string of the molecule is NC(=O)CNC(=O)C12CC3CC(CC(C3)C1)C2. The Kier molecular flexibility index (Phi) is 2.42. The summed E-state index contributed by atoms with van der Waals surface area (Å²) in [5.74, 6) is 1.88. The Bertz CT molecular complexity index is 329. The Hall–Kier alpha value is -1.06. The number of carbonyl (C=O) groups is 2. The van der Waals surface area contributed by atoms with E-state index in [-0.39, 0.29) is 17.9 Å². The van der Waals surface area contributed by atoms with Crippen LogP contribution in [0.2, 0.25) is 0 Å². The molecule has 17 heavy (non-hydrogen) atoms. The normalized spacial score (nSPS) is 42.5. The van der Waals surface area contributed by atoms with Crippen molar-refractivity contribution < 1.29 is 9.59 Å². The van der Waals surface area contributed by atoms with Gasteiger partial charge in [0.05, 0.1) is 6.54 Å². The number of hydrogen-bond donors (Lipinski definition) is 2.